The minimum absolute atomic E-state index is 0.316. The molecule has 0 bridgehead atoms. The van der Waals surface area contributed by atoms with Gasteiger partial charge in [0, 0.05) is 25.2 Å². The molecular formula is C11H22N2O. The van der Waals surface area contributed by atoms with E-state index in [1.54, 1.807) is 0 Å². The largest absolute Gasteiger partial charge is 0.395 e. The van der Waals surface area contributed by atoms with E-state index in [0.717, 1.165) is 12.6 Å². The van der Waals surface area contributed by atoms with Crippen LogP contribution in [0.25, 0.3) is 0 Å². The zero-order valence-corrected chi connectivity index (χ0v) is 9.15. The molecule has 3 nitrogen and oxygen atoms in total. The number of aliphatic hydroxyl groups is 1. The summed E-state index contributed by atoms with van der Waals surface area (Å²) in [5.74, 6) is 0. The Bertz CT molecular complexity index is 182. The molecule has 2 fully saturated rings. The zero-order valence-electron chi connectivity index (χ0n) is 9.15. The van der Waals surface area contributed by atoms with Crippen molar-refractivity contribution >= 4 is 0 Å². The van der Waals surface area contributed by atoms with Crippen molar-refractivity contribution in [3.8, 4) is 0 Å². The number of hydrogen-bond acceptors (Lipinski definition) is 3. The number of piperidine rings is 1. The molecule has 1 aliphatic heterocycles. The standard InChI is InChI=1S/C11H22N2O/c1-12-6-2-3-11(9-12)13(7-8-14)10-4-5-10/h10-11,14H,2-9H2,1H3/t11-/m1/s1. The van der Waals surface area contributed by atoms with Gasteiger partial charge in [0.2, 0.25) is 0 Å². The lowest BCUT2D eigenvalue weighted by molar-refractivity contribution is 0.0866. The van der Waals surface area contributed by atoms with Gasteiger partial charge in [0.15, 0.2) is 0 Å². The van der Waals surface area contributed by atoms with Gasteiger partial charge in [-0.25, -0.2) is 0 Å². The minimum atomic E-state index is 0.316. The van der Waals surface area contributed by atoms with Gasteiger partial charge in [-0.1, -0.05) is 0 Å². The average Bonchev–Trinajstić information content (AvgIpc) is 2.97. The molecule has 82 valence electrons. The number of rotatable bonds is 4. The first-order valence-electron chi connectivity index (χ1n) is 5.86. The second-order valence-electron chi connectivity index (χ2n) is 4.75. The predicted molar refractivity (Wildman–Crippen MR) is 57.3 cm³/mol. The number of likely N-dealkylation sites (N-methyl/N-ethyl adjacent to an activating group) is 1. The highest BCUT2D eigenvalue weighted by Gasteiger charge is 2.34. The Hall–Kier alpha value is -0.120. The minimum Gasteiger partial charge on any atom is -0.395 e. The monoisotopic (exact) mass is 198 g/mol. The summed E-state index contributed by atoms with van der Waals surface area (Å²) in [4.78, 5) is 4.95. The number of nitrogens with zero attached hydrogens (tertiary/aromatic N) is 2. The van der Waals surface area contributed by atoms with Crippen LogP contribution in [0.15, 0.2) is 0 Å². The van der Waals surface area contributed by atoms with Gasteiger partial charge in [0.05, 0.1) is 6.61 Å². The molecule has 2 aliphatic rings. The molecule has 0 aromatic rings. The van der Waals surface area contributed by atoms with Gasteiger partial charge in [0.1, 0.15) is 0 Å². The van der Waals surface area contributed by atoms with E-state index < -0.39 is 0 Å². The van der Waals surface area contributed by atoms with E-state index >= 15 is 0 Å². The third-order valence-corrected chi connectivity index (χ3v) is 3.44. The Kier molecular flexibility index (Phi) is 3.42. The van der Waals surface area contributed by atoms with Gasteiger partial charge >= 0.3 is 0 Å². The van der Waals surface area contributed by atoms with Crippen molar-refractivity contribution in [1.82, 2.24) is 9.80 Å². The van der Waals surface area contributed by atoms with Gasteiger partial charge in [0.25, 0.3) is 0 Å². The molecule has 0 spiro atoms. The first-order chi connectivity index (χ1) is 6.81. The number of likely N-dealkylation sites (tertiary alicyclic amines) is 1. The molecule has 0 aromatic heterocycles. The zero-order chi connectivity index (χ0) is 9.97. The lowest BCUT2D eigenvalue weighted by atomic mass is 10.0. The summed E-state index contributed by atoms with van der Waals surface area (Å²) in [6.45, 7) is 3.63. The second kappa shape index (κ2) is 4.60. The van der Waals surface area contributed by atoms with Crippen molar-refractivity contribution in [1.29, 1.82) is 0 Å². The van der Waals surface area contributed by atoms with Crippen LogP contribution >= 0.6 is 0 Å². The predicted octanol–water partition coefficient (Wildman–Crippen LogP) is 0.537. The van der Waals surface area contributed by atoms with Gasteiger partial charge in [-0.15, -0.1) is 0 Å². The third-order valence-electron chi connectivity index (χ3n) is 3.44. The van der Waals surface area contributed by atoms with Gasteiger partial charge in [-0.2, -0.15) is 0 Å². The fourth-order valence-corrected chi connectivity index (χ4v) is 2.59. The van der Waals surface area contributed by atoms with E-state index in [0.29, 0.717) is 12.6 Å². The van der Waals surface area contributed by atoms with Crippen LogP contribution in [-0.2, 0) is 0 Å². The van der Waals surface area contributed by atoms with Crippen LogP contribution in [0.1, 0.15) is 25.7 Å². The summed E-state index contributed by atoms with van der Waals surface area (Å²) < 4.78 is 0. The Labute approximate surface area is 86.7 Å². The average molecular weight is 198 g/mol. The quantitative estimate of drug-likeness (QED) is 0.714. The van der Waals surface area contributed by atoms with E-state index in [4.69, 9.17) is 5.11 Å². The highest BCUT2D eigenvalue weighted by atomic mass is 16.3. The summed E-state index contributed by atoms with van der Waals surface area (Å²) in [7, 11) is 2.20. The normalized spacial score (nSPS) is 29.8. The van der Waals surface area contributed by atoms with Gasteiger partial charge in [-0.05, 0) is 39.3 Å². The Morgan fingerprint density at radius 1 is 1.29 bits per heavy atom. The molecule has 0 unspecified atom stereocenters. The molecule has 0 radical (unpaired) electrons. The van der Waals surface area contributed by atoms with E-state index in [2.05, 4.69) is 16.8 Å². The topological polar surface area (TPSA) is 26.7 Å². The smallest absolute Gasteiger partial charge is 0.0558 e. The van der Waals surface area contributed by atoms with E-state index in [1.807, 2.05) is 0 Å². The van der Waals surface area contributed by atoms with Crippen LogP contribution in [0.2, 0.25) is 0 Å². The maximum Gasteiger partial charge on any atom is 0.0558 e. The molecule has 1 saturated heterocycles. The molecule has 1 saturated carbocycles. The number of aliphatic hydroxyl groups excluding tert-OH is 1. The molecule has 1 N–H and O–H groups in total. The fraction of sp³-hybridized carbons (Fsp3) is 1.00. The van der Waals surface area contributed by atoms with Crippen molar-refractivity contribution in [2.24, 2.45) is 0 Å². The maximum atomic E-state index is 9.05. The Balaban J connectivity index is 1.88. The first kappa shape index (κ1) is 10.4. The molecule has 3 heteroatoms. The van der Waals surface area contributed by atoms with E-state index in [1.165, 1.54) is 38.8 Å². The van der Waals surface area contributed by atoms with Gasteiger partial charge in [-0.3, -0.25) is 4.90 Å². The van der Waals surface area contributed by atoms with Crippen LogP contribution < -0.4 is 0 Å². The summed E-state index contributed by atoms with van der Waals surface area (Å²) in [6, 6.07) is 1.49. The van der Waals surface area contributed by atoms with Crippen molar-refractivity contribution in [3.63, 3.8) is 0 Å². The highest BCUT2D eigenvalue weighted by molar-refractivity contribution is 4.90. The van der Waals surface area contributed by atoms with Crippen LogP contribution in [0, 0.1) is 0 Å². The second-order valence-corrected chi connectivity index (χ2v) is 4.75. The van der Waals surface area contributed by atoms with Crippen LogP contribution in [0.5, 0.6) is 0 Å². The van der Waals surface area contributed by atoms with Crippen molar-refractivity contribution in [3.05, 3.63) is 0 Å². The molecule has 2 rings (SSSR count). The molecule has 14 heavy (non-hydrogen) atoms. The van der Waals surface area contributed by atoms with E-state index in [9.17, 15) is 0 Å². The Morgan fingerprint density at radius 2 is 2.07 bits per heavy atom. The first-order valence-corrected chi connectivity index (χ1v) is 5.86. The number of hydrogen-bond donors (Lipinski definition) is 1. The lowest BCUT2D eigenvalue weighted by Crippen LogP contribution is -2.48. The van der Waals surface area contributed by atoms with Crippen molar-refractivity contribution in [2.45, 2.75) is 37.8 Å². The third kappa shape index (κ3) is 2.47. The molecule has 1 aliphatic carbocycles. The molecular weight excluding hydrogens is 176 g/mol. The SMILES string of the molecule is CN1CCC[C@@H](N(CCO)C2CC2)C1. The molecule has 1 heterocycles. The summed E-state index contributed by atoms with van der Waals surface area (Å²) in [6.07, 6.45) is 5.33. The highest BCUT2D eigenvalue weighted by Crippen LogP contribution is 2.30. The molecule has 0 amide bonds. The summed E-state index contributed by atoms with van der Waals surface area (Å²) in [5.41, 5.74) is 0. The van der Waals surface area contributed by atoms with E-state index in [-0.39, 0.29) is 0 Å². The van der Waals surface area contributed by atoms with Gasteiger partial charge < -0.3 is 10.0 Å². The molecule has 1 atom stereocenters. The maximum absolute atomic E-state index is 9.05. The fourth-order valence-electron chi connectivity index (χ4n) is 2.59. The van der Waals surface area contributed by atoms with Crippen LogP contribution in [-0.4, -0.2) is 60.3 Å². The summed E-state index contributed by atoms with van der Waals surface area (Å²) >= 11 is 0. The molecule has 0 aromatic carbocycles. The van der Waals surface area contributed by atoms with Crippen LogP contribution in [0.4, 0.5) is 0 Å². The summed E-state index contributed by atoms with van der Waals surface area (Å²) in [5, 5.41) is 9.05. The lowest BCUT2D eigenvalue weighted by Gasteiger charge is -2.37. The Morgan fingerprint density at radius 3 is 2.64 bits per heavy atom. The van der Waals surface area contributed by atoms with Crippen molar-refractivity contribution < 1.29 is 5.11 Å². The van der Waals surface area contributed by atoms with Crippen LogP contribution in [0.3, 0.4) is 0 Å². The van der Waals surface area contributed by atoms with Crippen molar-refractivity contribution in [2.75, 3.05) is 33.3 Å².